The van der Waals surface area contributed by atoms with E-state index in [1.165, 1.54) is 36.4 Å². The van der Waals surface area contributed by atoms with E-state index in [1.54, 1.807) is 19.1 Å². The molecule has 0 amide bonds. The van der Waals surface area contributed by atoms with E-state index >= 15 is 0 Å². The van der Waals surface area contributed by atoms with Gasteiger partial charge in [0.1, 0.15) is 62.7 Å². The number of phenolic OH excluding ortho intramolecular Hbond substituents is 8. The van der Waals surface area contributed by atoms with E-state index < -0.39 is 46.2 Å². The van der Waals surface area contributed by atoms with Crippen molar-refractivity contribution in [2.24, 2.45) is 5.92 Å². The number of carbonyl (C=O) groups is 1. The number of hydrogen-bond acceptors (Lipinski definition) is 11. The highest BCUT2D eigenvalue weighted by atomic mass is 16.3. The summed E-state index contributed by atoms with van der Waals surface area (Å²) in [6, 6.07) is 11.3. The summed E-state index contributed by atoms with van der Waals surface area (Å²) in [6.07, 6.45) is 5.76. The first-order chi connectivity index (χ1) is 26.5. The van der Waals surface area contributed by atoms with E-state index in [2.05, 4.69) is 0 Å². The summed E-state index contributed by atoms with van der Waals surface area (Å²) < 4.78 is 6.19. The molecule has 11 nitrogen and oxygen atoms in total. The third kappa shape index (κ3) is 7.40. The third-order valence-electron chi connectivity index (χ3n) is 10.3. The Hall–Kier alpha value is -6.62. The number of allylic oxidation sites excluding steroid dienone is 6. The zero-order chi connectivity index (χ0) is 40.7. The Morgan fingerprint density at radius 1 is 0.750 bits per heavy atom. The van der Waals surface area contributed by atoms with Crippen LogP contribution < -0.4 is 5.43 Å². The van der Waals surface area contributed by atoms with Crippen LogP contribution in [0.25, 0.3) is 22.3 Å². The third-order valence-corrected chi connectivity index (χ3v) is 10.3. The van der Waals surface area contributed by atoms with Gasteiger partial charge in [-0.3, -0.25) is 9.59 Å². The number of benzene rings is 4. The molecule has 8 N–H and O–H groups in total. The molecular weight excluding hydrogens is 716 g/mol. The summed E-state index contributed by atoms with van der Waals surface area (Å²) in [5.41, 5.74) is 1.98. The van der Waals surface area contributed by atoms with Crippen LogP contribution in [-0.4, -0.2) is 46.6 Å². The lowest BCUT2D eigenvalue weighted by atomic mass is 9.65. The smallest absolute Gasteiger partial charge is 0.200 e. The molecule has 1 aliphatic rings. The Balaban J connectivity index is 1.63. The number of ketones is 1. The average molecular weight is 761 g/mol. The monoisotopic (exact) mass is 760 g/mol. The fraction of sp³-hybridized carbons (Fsp3) is 0.244. The zero-order valence-corrected chi connectivity index (χ0v) is 31.6. The van der Waals surface area contributed by atoms with E-state index in [1.807, 2.05) is 33.8 Å². The number of fused-ring (bicyclic) bond motifs is 1. The molecule has 0 bridgehead atoms. The van der Waals surface area contributed by atoms with Gasteiger partial charge in [-0.1, -0.05) is 34.9 Å². The molecule has 1 aromatic heterocycles. The van der Waals surface area contributed by atoms with Gasteiger partial charge in [0.15, 0.2) is 5.78 Å². The van der Waals surface area contributed by atoms with Crippen LogP contribution in [0.1, 0.15) is 85.5 Å². The minimum atomic E-state index is -1.27. The molecule has 1 aliphatic carbocycles. The normalized spacial score (nSPS) is 16.7. The van der Waals surface area contributed by atoms with E-state index in [0.717, 1.165) is 29.3 Å². The van der Waals surface area contributed by atoms with E-state index in [9.17, 15) is 50.4 Å². The highest BCUT2D eigenvalue weighted by Crippen LogP contribution is 2.54. The predicted octanol–water partition coefficient (Wildman–Crippen LogP) is 8.84. The highest BCUT2D eigenvalue weighted by molar-refractivity contribution is 6.02. The number of hydrogen-bond donors (Lipinski definition) is 8. The van der Waals surface area contributed by atoms with Crippen molar-refractivity contribution in [3.63, 3.8) is 0 Å². The van der Waals surface area contributed by atoms with Crippen molar-refractivity contribution in [2.45, 2.75) is 65.7 Å². The van der Waals surface area contributed by atoms with Crippen molar-refractivity contribution in [3.05, 3.63) is 128 Å². The molecule has 3 atom stereocenters. The zero-order valence-electron chi connectivity index (χ0n) is 31.6. The van der Waals surface area contributed by atoms with Crippen LogP contribution >= 0.6 is 0 Å². The first kappa shape index (κ1) is 39.1. The Morgan fingerprint density at radius 2 is 1.41 bits per heavy atom. The van der Waals surface area contributed by atoms with Crippen molar-refractivity contribution < 1.29 is 50.1 Å². The van der Waals surface area contributed by atoms with Crippen LogP contribution in [0.4, 0.5) is 0 Å². The SMILES string of the molecule is CC(C)=CCc1cc(C(=O)C2C(c3c(O)cc4oc(-c5ccc(O)cc5O)c(CC=C(C)C)c(=O)c4c3O)C=C(C)CC2c2cc(O)ccc2O)c(O)cc1O. The molecule has 0 spiro atoms. The molecule has 6 rings (SSSR count). The summed E-state index contributed by atoms with van der Waals surface area (Å²) in [4.78, 5) is 29.5. The van der Waals surface area contributed by atoms with Gasteiger partial charge in [-0.05, 0) is 95.8 Å². The number of Topliss-reactive ketones (excluding diaryl/α,β-unsaturated/α-hetero) is 1. The molecule has 0 saturated heterocycles. The van der Waals surface area contributed by atoms with Gasteiger partial charge in [-0.2, -0.15) is 0 Å². The van der Waals surface area contributed by atoms with Crippen LogP contribution in [0.3, 0.4) is 0 Å². The second kappa shape index (κ2) is 15.3. The second-order valence-electron chi connectivity index (χ2n) is 14.9. The highest BCUT2D eigenvalue weighted by Gasteiger charge is 2.44. The molecule has 0 aliphatic heterocycles. The van der Waals surface area contributed by atoms with Gasteiger partial charge >= 0.3 is 0 Å². The minimum absolute atomic E-state index is 0.0313. The molecule has 4 aromatic carbocycles. The standard InChI is InChI=1S/C45H44O11/c1-21(2)6-8-24-16-31(36(51)19-34(24)49)43(54)39-30(29-17-25(46)10-13-33(29)48)14-23(5)15-32(39)40-37(52)20-38-41(44(40)55)42(53)28(11-7-22(3)4)45(56-38)27-12-9-26(47)18-35(27)50/h6-7,9-10,12-13,15-20,30,32,39,46-52,55H,8,11,14H2,1-5H3. The van der Waals surface area contributed by atoms with Crippen molar-refractivity contribution in [3.8, 4) is 57.3 Å². The first-order valence-electron chi connectivity index (χ1n) is 18.1. The number of phenols is 8. The predicted molar refractivity (Wildman–Crippen MR) is 212 cm³/mol. The molecule has 5 aromatic rings. The summed E-state index contributed by atoms with van der Waals surface area (Å²) in [6.45, 7) is 9.19. The lowest BCUT2D eigenvalue weighted by molar-refractivity contribution is 0.0876. The Bertz CT molecular complexity index is 2550. The molecule has 290 valence electrons. The summed E-state index contributed by atoms with van der Waals surface area (Å²) >= 11 is 0. The summed E-state index contributed by atoms with van der Waals surface area (Å²) in [5, 5.41) is 87.7. The topological polar surface area (TPSA) is 209 Å². The van der Waals surface area contributed by atoms with Gasteiger partial charge in [-0.15, -0.1) is 0 Å². The molecular formula is C45H44O11. The first-order valence-corrected chi connectivity index (χ1v) is 18.1. The average Bonchev–Trinajstić information content (AvgIpc) is 3.11. The molecule has 0 saturated carbocycles. The minimum Gasteiger partial charge on any atom is -0.508 e. The van der Waals surface area contributed by atoms with Gasteiger partial charge in [0.2, 0.25) is 5.43 Å². The molecule has 11 heteroatoms. The van der Waals surface area contributed by atoms with Crippen LogP contribution in [0.2, 0.25) is 0 Å². The molecule has 0 radical (unpaired) electrons. The molecule has 3 unspecified atom stereocenters. The van der Waals surface area contributed by atoms with Crippen molar-refractivity contribution in [1.82, 2.24) is 0 Å². The maximum Gasteiger partial charge on any atom is 0.200 e. The Kier molecular flexibility index (Phi) is 10.6. The lowest BCUT2D eigenvalue weighted by Crippen LogP contribution is -2.32. The van der Waals surface area contributed by atoms with Gasteiger partial charge in [-0.25, -0.2) is 0 Å². The maximum absolute atomic E-state index is 15.0. The van der Waals surface area contributed by atoms with Gasteiger partial charge in [0, 0.05) is 52.6 Å². The van der Waals surface area contributed by atoms with Crippen molar-refractivity contribution >= 4 is 16.8 Å². The quantitative estimate of drug-likeness (QED) is 0.0404. The molecule has 0 fully saturated rings. The fourth-order valence-electron chi connectivity index (χ4n) is 7.55. The van der Waals surface area contributed by atoms with Crippen LogP contribution in [0.5, 0.6) is 46.0 Å². The summed E-state index contributed by atoms with van der Waals surface area (Å²) in [7, 11) is 0. The van der Waals surface area contributed by atoms with Gasteiger partial charge in [0.25, 0.3) is 0 Å². The van der Waals surface area contributed by atoms with Gasteiger partial charge < -0.3 is 45.3 Å². The maximum atomic E-state index is 15.0. The van der Waals surface area contributed by atoms with Crippen LogP contribution in [-0.2, 0) is 12.8 Å². The molecule has 1 heterocycles. The Morgan fingerprint density at radius 3 is 2.09 bits per heavy atom. The lowest BCUT2D eigenvalue weighted by Gasteiger charge is -2.37. The van der Waals surface area contributed by atoms with Crippen molar-refractivity contribution in [2.75, 3.05) is 0 Å². The van der Waals surface area contributed by atoms with E-state index in [0.29, 0.717) is 11.1 Å². The van der Waals surface area contributed by atoms with Crippen LogP contribution in [0, 0.1) is 5.92 Å². The fourth-order valence-corrected chi connectivity index (χ4v) is 7.55. The van der Waals surface area contributed by atoms with E-state index in [4.69, 9.17) is 4.42 Å². The van der Waals surface area contributed by atoms with Gasteiger partial charge in [0.05, 0.1) is 11.1 Å². The van der Waals surface area contributed by atoms with Crippen molar-refractivity contribution in [1.29, 1.82) is 0 Å². The Labute approximate surface area is 322 Å². The second-order valence-corrected chi connectivity index (χ2v) is 14.9. The number of rotatable bonds is 9. The number of aromatic hydroxyl groups is 8. The van der Waals surface area contributed by atoms with Crippen LogP contribution in [0.15, 0.2) is 98.8 Å². The largest absolute Gasteiger partial charge is 0.508 e. The van der Waals surface area contributed by atoms with E-state index in [-0.39, 0.29) is 92.6 Å². The summed E-state index contributed by atoms with van der Waals surface area (Å²) in [5.74, 6) is -6.98. The number of carbonyl (C=O) groups excluding carboxylic acids is 1. The molecule has 56 heavy (non-hydrogen) atoms.